The summed E-state index contributed by atoms with van der Waals surface area (Å²) in [6, 6.07) is 0. The van der Waals surface area contributed by atoms with Crippen LogP contribution >= 0.6 is 0 Å². The summed E-state index contributed by atoms with van der Waals surface area (Å²) in [5.74, 6) is 1.72. The van der Waals surface area contributed by atoms with Crippen LogP contribution in [0.3, 0.4) is 0 Å². The van der Waals surface area contributed by atoms with E-state index in [2.05, 4.69) is 13.8 Å². The molecule has 124 valence electrons. The normalized spacial score (nSPS) is 39.1. The van der Waals surface area contributed by atoms with Crippen molar-refractivity contribution in [1.29, 1.82) is 0 Å². The van der Waals surface area contributed by atoms with Gasteiger partial charge in [0.2, 0.25) is 0 Å². The van der Waals surface area contributed by atoms with E-state index in [4.69, 9.17) is 4.89 Å². The number of hydrogen-bond acceptors (Lipinski definition) is 2. The third-order valence-electron chi connectivity index (χ3n) is 6.13. The van der Waals surface area contributed by atoms with Crippen LogP contribution in [0.1, 0.15) is 78.1 Å². The topological polar surface area (TPSA) is 29.5 Å². The van der Waals surface area contributed by atoms with Gasteiger partial charge in [-0.15, -0.1) is 0 Å². The number of alkyl halides is 1. The van der Waals surface area contributed by atoms with Gasteiger partial charge < -0.3 is 0 Å². The lowest BCUT2D eigenvalue weighted by atomic mass is 9.70. The van der Waals surface area contributed by atoms with Crippen LogP contribution in [-0.2, 0) is 4.89 Å². The molecule has 3 heteroatoms. The van der Waals surface area contributed by atoms with E-state index in [1.807, 2.05) is 0 Å². The molecule has 2 aliphatic carbocycles. The van der Waals surface area contributed by atoms with E-state index in [-0.39, 0.29) is 17.9 Å². The predicted molar refractivity (Wildman–Crippen MR) is 83.9 cm³/mol. The fraction of sp³-hybridized carbons (Fsp3) is 1.00. The van der Waals surface area contributed by atoms with Gasteiger partial charge in [-0.25, -0.2) is 9.28 Å². The van der Waals surface area contributed by atoms with Crippen LogP contribution in [0.5, 0.6) is 0 Å². The van der Waals surface area contributed by atoms with Crippen LogP contribution in [0.2, 0.25) is 0 Å². The zero-order valence-corrected chi connectivity index (χ0v) is 13.8. The Morgan fingerprint density at radius 1 is 1.05 bits per heavy atom. The number of rotatable bonds is 6. The second-order valence-corrected chi connectivity index (χ2v) is 7.40. The number of halogens is 1. The van der Waals surface area contributed by atoms with Gasteiger partial charge in [-0.3, -0.25) is 5.26 Å². The summed E-state index contributed by atoms with van der Waals surface area (Å²) in [6.07, 6.45) is 9.80. The van der Waals surface area contributed by atoms with Crippen LogP contribution in [0.25, 0.3) is 0 Å². The minimum atomic E-state index is -0.701. The van der Waals surface area contributed by atoms with Crippen molar-refractivity contribution >= 4 is 0 Å². The molecule has 0 aromatic carbocycles. The molecular weight excluding hydrogens is 267 g/mol. The van der Waals surface area contributed by atoms with Crippen molar-refractivity contribution in [2.45, 2.75) is 90.3 Å². The SMILES string of the molecule is CCCC1CCC(C(OO)C2CCC(CC)CC2)CC1F. The van der Waals surface area contributed by atoms with Crippen molar-refractivity contribution in [2.24, 2.45) is 23.7 Å². The quantitative estimate of drug-likeness (QED) is 0.510. The second-order valence-electron chi connectivity index (χ2n) is 7.40. The Hall–Kier alpha value is -0.150. The third-order valence-corrected chi connectivity index (χ3v) is 6.13. The summed E-state index contributed by atoms with van der Waals surface area (Å²) in [5.41, 5.74) is 0. The van der Waals surface area contributed by atoms with Crippen LogP contribution in [0, 0.1) is 23.7 Å². The van der Waals surface area contributed by atoms with Crippen molar-refractivity contribution in [3.63, 3.8) is 0 Å². The molecule has 0 aromatic heterocycles. The Balaban J connectivity index is 1.87. The van der Waals surface area contributed by atoms with Gasteiger partial charge in [-0.2, -0.15) is 0 Å². The number of hydrogen-bond donors (Lipinski definition) is 1. The lowest BCUT2D eigenvalue weighted by Crippen LogP contribution is -2.39. The Labute approximate surface area is 129 Å². The minimum absolute atomic E-state index is 0.136. The van der Waals surface area contributed by atoms with Crippen molar-refractivity contribution in [3.05, 3.63) is 0 Å². The first-order chi connectivity index (χ1) is 10.2. The summed E-state index contributed by atoms with van der Waals surface area (Å²) >= 11 is 0. The minimum Gasteiger partial charge on any atom is -0.252 e. The van der Waals surface area contributed by atoms with Crippen molar-refractivity contribution in [3.8, 4) is 0 Å². The highest BCUT2D eigenvalue weighted by Crippen LogP contribution is 2.42. The van der Waals surface area contributed by atoms with Crippen LogP contribution in [0.15, 0.2) is 0 Å². The molecule has 4 atom stereocenters. The average Bonchev–Trinajstić information content (AvgIpc) is 2.51. The molecule has 0 amide bonds. The molecular formula is C18H33FO2. The van der Waals surface area contributed by atoms with Gasteiger partial charge >= 0.3 is 0 Å². The summed E-state index contributed by atoms with van der Waals surface area (Å²) in [6.45, 7) is 4.39. The molecule has 2 nitrogen and oxygen atoms in total. The Kier molecular flexibility index (Phi) is 6.94. The fourth-order valence-corrected chi connectivity index (χ4v) is 4.68. The van der Waals surface area contributed by atoms with Gasteiger partial charge in [0, 0.05) is 0 Å². The maximum Gasteiger partial charge on any atom is 0.103 e. The molecule has 2 saturated carbocycles. The monoisotopic (exact) mass is 300 g/mol. The summed E-state index contributed by atoms with van der Waals surface area (Å²) in [7, 11) is 0. The standard InChI is InChI=1S/C18H33FO2/c1-3-5-14-10-11-16(12-17(14)19)18(21-20)15-8-6-13(4-2)7-9-15/h13-18,20H,3-12H2,1-2H3. The van der Waals surface area contributed by atoms with Crippen molar-refractivity contribution < 1.29 is 14.5 Å². The van der Waals surface area contributed by atoms with Gasteiger partial charge in [0.15, 0.2) is 0 Å². The summed E-state index contributed by atoms with van der Waals surface area (Å²) in [4.78, 5) is 4.88. The van der Waals surface area contributed by atoms with E-state index in [0.29, 0.717) is 12.3 Å². The van der Waals surface area contributed by atoms with Crippen molar-refractivity contribution in [1.82, 2.24) is 0 Å². The molecule has 1 N–H and O–H groups in total. The van der Waals surface area contributed by atoms with E-state index < -0.39 is 6.17 Å². The highest BCUT2D eigenvalue weighted by Gasteiger charge is 2.39. The fourth-order valence-electron chi connectivity index (χ4n) is 4.68. The summed E-state index contributed by atoms with van der Waals surface area (Å²) in [5, 5.41) is 9.39. The first-order valence-corrected chi connectivity index (χ1v) is 9.13. The van der Waals surface area contributed by atoms with Gasteiger partial charge in [0.25, 0.3) is 0 Å². The molecule has 21 heavy (non-hydrogen) atoms. The molecule has 2 rings (SSSR count). The lowest BCUT2D eigenvalue weighted by molar-refractivity contribution is -0.308. The van der Waals surface area contributed by atoms with E-state index >= 15 is 0 Å². The zero-order chi connectivity index (χ0) is 15.2. The molecule has 0 heterocycles. The largest absolute Gasteiger partial charge is 0.252 e. The highest BCUT2D eigenvalue weighted by atomic mass is 19.1. The van der Waals surface area contributed by atoms with E-state index in [1.54, 1.807) is 0 Å². The first kappa shape index (κ1) is 17.2. The smallest absolute Gasteiger partial charge is 0.103 e. The third kappa shape index (κ3) is 4.41. The van der Waals surface area contributed by atoms with Crippen LogP contribution in [-0.4, -0.2) is 17.5 Å². The molecule has 0 bridgehead atoms. The maximum atomic E-state index is 14.3. The zero-order valence-electron chi connectivity index (χ0n) is 13.8. The van der Waals surface area contributed by atoms with Gasteiger partial charge in [0.1, 0.15) is 6.17 Å². The molecule has 0 radical (unpaired) electrons. The Morgan fingerprint density at radius 2 is 1.71 bits per heavy atom. The Morgan fingerprint density at radius 3 is 2.24 bits per heavy atom. The van der Waals surface area contributed by atoms with E-state index in [9.17, 15) is 9.65 Å². The predicted octanol–water partition coefficient (Wildman–Crippen LogP) is 5.62. The van der Waals surface area contributed by atoms with Gasteiger partial charge in [0.05, 0.1) is 6.10 Å². The Bertz CT molecular complexity index is 289. The van der Waals surface area contributed by atoms with Crippen LogP contribution in [0.4, 0.5) is 4.39 Å². The summed E-state index contributed by atoms with van der Waals surface area (Å²) < 4.78 is 14.3. The molecule has 2 fully saturated rings. The van der Waals surface area contributed by atoms with Gasteiger partial charge in [-0.05, 0) is 62.2 Å². The second kappa shape index (κ2) is 8.47. The lowest BCUT2D eigenvalue weighted by Gasteiger charge is -2.40. The highest BCUT2D eigenvalue weighted by molar-refractivity contribution is 4.88. The van der Waals surface area contributed by atoms with E-state index in [0.717, 1.165) is 44.4 Å². The van der Waals surface area contributed by atoms with Crippen LogP contribution < -0.4 is 0 Å². The first-order valence-electron chi connectivity index (χ1n) is 9.13. The van der Waals surface area contributed by atoms with E-state index in [1.165, 1.54) is 19.3 Å². The molecule has 0 saturated heterocycles. The molecule has 4 unspecified atom stereocenters. The van der Waals surface area contributed by atoms with Crippen molar-refractivity contribution in [2.75, 3.05) is 0 Å². The maximum absolute atomic E-state index is 14.3. The average molecular weight is 300 g/mol. The molecule has 0 spiro atoms. The van der Waals surface area contributed by atoms with Gasteiger partial charge in [-0.1, -0.05) is 39.5 Å². The molecule has 2 aliphatic rings. The molecule has 0 aliphatic heterocycles. The molecule has 0 aromatic rings.